The molecule has 0 unspecified atom stereocenters. The molecule has 0 heterocycles. The van der Waals surface area contributed by atoms with Crippen LogP contribution < -0.4 is 0 Å². The molecule has 2 bridgehead atoms. The van der Waals surface area contributed by atoms with E-state index in [4.69, 9.17) is 0 Å². The van der Waals surface area contributed by atoms with Crippen LogP contribution in [-0.4, -0.2) is 0 Å². The van der Waals surface area contributed by atoms with E-state index in [1.165, 1.54) is 23.7 Å². The summed E-state index contributed by atoms with van der Waals surface area (Å²) in [5, 5.41) is 0. The Hall–Kier alpha value is 0. The Morgan fingerprint density at radius 2 is 1.50 bits per heavy atom. The molecule has 0 heteroatoms. The normalized spacial score (nSPS) is 64.8. The first-order valence-electron chi connectivity index (χ1n) is 4.92. The highest BCUT2D eigenvalue weighted by atomic mass is 14.8. The molecule has 4 atom stereocenters. The van der Waals surface area contributed by atoms with E-state index >= 15 is 0 Å². The molecule has 0 amide bonds. The van der Waals surface area contributed by atoms with Gasteiger partial charge in [0.15, 0.2) is 0 Å². The summed E-state index contributed by atoms with van der Waals surface area (Å²) in [6.07, 6.45) is 8.11. The van der Waals surface area contributed by atoms with Crippen molar-refractivity contribution in [1.82, 2.24) is 0 Å². The molecule has 4 fully saturated rings. The van der Waals surface area contributed by atoms with Crippen LogP contribution >= 0.6 is 0 Å². The molecule has 0 aromatic heterocycles. The summed E-state index contributed by atoms with van der Waals surface area (Å²) in [4.78, 5) is 0. The van der Waals surface area contributed by atoms with E-state index in [0.717, 1.165) is 5.41 Å². The van der Waals surface area contributed by atoms with Crippen LogP contribution in [0.4, 0.5) is 0 Å². The number of hydrogen-bond acceptors (Lipinski definition) is 0. The fraction of sp³-hybridized carbons (Fsp3) is 1.00. The zero-order valence-corrected chi connectivity index (χ0v) is 6.34. The molecule has 1 spiro atoms. The topological polar surface area (TPSA) is 0 Å². The molecule has 0 N–H and O–H groups in total. The van der Waals surface area contributed by atoms with Gasteiger partial charge in [-0.15, -0.1) is 0 Å². The van der Waals surface area contributed by atoms with Crippen LogP contribution in [0, 0.1) is 29.1 Å². The first kappa shape index (κ1) is 4.79. The molecular formula is C10H14. The van der Waals surface area contributed by atoms with Crippen molar-refractivity contribution < 1.29 is 0 Å². The van der Waals surface area contributed by atoms with E-state index in [-0.39, 0.29) is 0 Å². The fourth-order valence-corrected chi connectivity index (χ4v) is 4.54. The van der Waals surface area contributed by atoms with Gasteiger partial charge >= 0.3 is 0 Å². The van der Waals surface area contributed by atoms with Crippen molar-refractivity contribution in [3.05, 3.63) is 0 Å². The third-order valence-electron chi connectivity index (χ3n) is 5.02. The molecule has 0 aromatic rings. The first-order valence-corrected chi connectivity index (χ1v) is 4.92. The van der Waals surface area contributed by atoms with Gasteiger partial charge < -0.3 is 0 Å². The Morgan fingerprint density at radius 3 is 1.90 bits per heavy atom. The molecular weight excluding hydrogens is 120 g/mol. The van der Waals surface area contributed by atoms with Crippen molar-refractivity contribution in [2.75, 3.05) is 0 Å². The second-order valence-electron chi connectivity index (χ2n) is 5.09. The highest BCUT2D eigenvalue weighted by molar-refractivity contribution is 5.22. The van der Waals surface area contributed by atoms with Crippen molar-refractivity contribution >= 4 is 0 Å². The number of hydrogen-bond donors (Lipinski definition) is 0. The lowest BCUT2D eigenvalue weighted by Gasteiger charge is -2.16. The van der Waals surface area contributed by atoms with E-state index in [1.807, 2.05) is 0 Å². The minimum Gasteiger partial charge on any atom is -0.0493 e. The van der Waals surface area contributed by atoms with Crippen molar-refractivity contribution in [2.24, 2.45) is 29.1 Å². The van der Waals surface area contributed by atoms with E-state index in [2.05, 4.69) is 0 Å². The summed E-state index contributed by atoms with van der Waals surface area (Å²) in [7, 11) is 0. The quantitative estimate of drug-likeness (QED) is 0.477. The monoisotopic (exact) mass is 134 g/mol. The molecule has 4 saturated carbocycles. The average Bonchev–Trinajstić information content (AvgIpc) is 2.71. The van der Waals surface area contributed by atoms with E-state index in [0.29, 0.717) is 0 Å². The van der Waals surface area contributed by atoms with E-state index < -0.39 is 0 Å². The van der Waals surface area contributed by atoms with Gasteiger partial charge in [-0.3, -0.25) is 0 Å². The Labute approximate surface area is 62.0 Å². The van der Waals surface area contributed by atoms with Crippen molar-refractivity contribution in [1.29, 1.82) is 0 Å². The number of fused-ring (bicyclic) bond motifs is 3. The maximum absolute atomic E-state index is 1.64. The van der Waals surface area contributed by atoms with Crippen LogP contribution in [0.2, 0.25) is 0 Å². The second kappa shape index (κ2) is 1.09. The van der Waals surface area contributed by atoms with Gasteiger partial charge in [-0.25, -0.2) is 0 Å². The first-order chi connectivity index (χ1) is 4.92. The van der Waals surface area contributed by atoms with Crippen LogP contribution in [-0.2, 0) is 0 Å². The highest BCUT2D eigenvalue weighted by Gasteiger charge is 2.73. The summed E-state index contributed by atoms with van der Waals surface area (Å²) < 4.78 is 0. The van der Waals surface area contributed by atoms with Crippen molar-refractivity contribution in [3.63, 3.8) is 0 Å². The third-order valence-corrected chi connectivity index (χ3v) is 5.02. The molecule has 0 aromatic carbocycles. The average molecular weight is 134 g/mol. The zero-order chi connectivity index (χ0) is 6.34. The summed E-state index contributed by atoms with van der Waals surface area (Å²) in [5.74, 6) is 4.98. The summed E-state index contributed by atoms with van der Waals surface area (Å²) >= 11 is 0. The SMILES string of the molecule is C1[C@@H]2[C@H]1[C@H]1CC[C@@H]2C12CC2. The van der Waals surface area contributed by atoms with Crippen LogP contribution in [0.1, 0.15) is 32.1 Å². The molecule has 0 nitrogen and oxygen atoms in total. The van der Waals surface area contributed by atoms with Crippen molar-refractivity contribution in [2.45, 2.75) is 32.1 Å². The van der Waals surface area contributed by atoms with Crippen LogP contribution in [0.25, 0.3) is 0 Å². The fourth-order valence-electron chi connectivity index (χ4n) is 4.54. The van der Waals surface area contributed by atoms with Gasteiger partial charge in [0, 0.05) is 0 Å². The predicted octanol–water partition coefficient (Wildman–Crippen LogP) is 2.44. The Morgan fingerprint density at radius 1 is 0.900 bits per heavy atom. The molecule has 0 saturated heterocycles. The Bertz CT molecular complexity index is 184. The lowest BCUT2D eigenvalue weighted by atomic mass is 9.89. The molecule has 10 heavy (non-hydrogen) atoms. The van der Waals surface area contributed by atoms with Gasteiger partial charge in [0.1, 0.15) is 0 Å². The Balaban J connectivity index is 1.90. The smallest absolute Gasteiger partial charge is 0.0235 e. The summed E-state index contributed by atoms with van der Waals surface area (Å²) in [6.45, 7) is 0. The largest absolute Gasteiger partial charge is 0.0493 e. The Kier molecular flexibility index (Phi) is 0.522. The minimum atomic E-state index is 0.994. The molecule has 4 rings (SSSR count). The van der Waals surface area contributed by atoms with E-state index in [9.17, 15) is 0 Å². The third kappa shape index (κ3) is 0.302. The molecule has 0 radical (unpaired) electrons. The minimum absolute atomic E-state index is 0.994. The standard InChI is InChI=1S/C10H14/c1-2-9-7-5-6(7)8(1)10(9)3-4-10/h6-9H,1-5H2/t6-,7+,8+,9-. The van der Waals surface area contributed by atoms with Crippen molar-refractivity contribution in [3.8, 4) is 0 Å². The van der Waals surface area contributed by atoms with Gasteiger partial charge in [-0.05, 0) is 61.2 Å². The van der Waals surface area contributed by atoms with Crippen LogP contribution in [0.15, 0.2) is 0 Å². The van der Waals surface area contributed by atoms with Gasteiger partial charge in [-0.2, -0.15) is 0 Å². The molecule has 54 valence electrons. The molecule has 0 aliphatic heterocycles. The summed E-state index contributed by atoms with van der Waals surface area (Å²) in [5.41, 5.74) is 0.994. The zero-order valence-electron chi connectivity index (χ0n) is 6.34. The molecule has 4 aliphatic carbocycles. The van der Waals surface area contributed by atoms with E-state index in [1.54, 1.807) is 32.1 Å². The number of rotatable bonds is 0. The second-order valence-corrected chi connectivity index (χ2v) is 5.09. The van der Waals surface area contributed by atoms with Crippen LogP contribution in [0.3, 0.4) is 0 Å². The predicted molar refractivity (Wildman–Crippen MR) is 39.5 cm³/mol. The lowest BCUT2D eigenvalue weighted by molar-refractivity contribution is 0.320. The van der Waals surface area contributed by atoms with Gasteiger partial charge in [0.05, 0.1) is 0 Å². The molecule has 4 aliphatic rings. The summed E-state index contributed by atoms with van der Waals surface area (Å²) in [6, 6.07) is 0. The maximum Gasteiger partial charge on any atom is -0.0235 e. The lowest BCUT2D eigenvalue weighted by Crippen LogP contribution is -2.10. The van der Waals surface area contributed by atoms with Gasteiger partial charge in [-0.1, -0.05) is 0 Å². The van der Waals surface area contributed by atoms with Gasteiger partial charge in [0.25, 0.3) is 0 Å². The maximum atomic E-state index is 1.64. The highest BCUT2D eigenvalue weighted by Crippen LogP contribution is 2.81. The van der Waals surface area contributed by atoms with Gasteiger partial charge in [0.2, 0.25) is 0 Å². The van der Waals surface area contributed by atoms with Crippen LogP contribution in [0.5, 0.6) is 0 Å².